The topological polar surface area (TPSA) is 72.0 Å². The number of thiophene rings is 1. The molecule has 0 radical (unpaired) electrons. The Kier molecular flexibility index (Phi) is 3.75. The highest BCUT2D eigenvalue weighted by Gasteiger charge is 2.41. The highest BCUT2D eigenvalue weighted by molar-refractivity contribution is 7.18. The summed E-state index contributed by atoms with van der Waals surface area (Å²) in [5.74, 6) is 1.34. The van der Waals surface area contributed by atoms with E-state index in [0.29, 0.717) is 17.7 Å². The second-order valence-electron chi connectivity index (χ2n) is 7.38. The summed E-state index contributed by atoms with van der Waals surface area (Å²) in [7, 11) is 0. The first-order chi connectivity index (χ1) is 11.4. The normalized spacial score (nSPS) is 26.9. The summed E-state index contributed by atoms with van der Waals surface area (Å²) in [6.07, 6.45) is 3.46. The minimum atomic E-state index is -0.527. The molecule has 2 aliphatic carbocycles. The van der Waals surface area contributed by atoms with Crippen LogP contribution in [0.15, 0.2) is 4.79 Å². The van der Waals surface area contributed by atoms with Crippen LogP contribution in [0, 0.1) is 17.8 Å². The lowest BCUT2D eigenvalue weighted by molar-refractivity contribution is -0.150. The van der Waals surface area contributed by atoms with Crippen molar-refractivity contribution in [1.82, 2.24) is 9.97 Å². The van der Waals surface area contributed by atoms with Crippen LogP contribution in [-0.4, -0.2) is 15.9 Å². The van der Waals surface area contributed by atoms with Crippen molar-refractivity contribution >= 4 is 27.5 Å². The van der Waals surface area contributed by atoms with Gasteiger partial charge in [0.1, 0.15) is 4.83 Å². The van der Waals surface area contributed by atoms with E-state index in [2.05, 4.69) is 16.9 Å². The molecule has 1 saturated carbocycles. The van der Waals surface area contributed by atoms with E-state index in [-0.39, 0.29) is 17.4 Å². The molecule has 0 aromatic carbocycles. The Morgan fingerprint density at radius 2 is 2.17 bits per heavy atom. The van der Waals surface area contributed by atoms with Crippen molar-refractivity contribution in [2.75, 3.05) is 0 Å². The van der Waals surface area contributed by atoms with E-state index in [9.17, 15) is 9.59 Å². The van der Waals surface area contributed by atoms with Gasteiger partial charge < -0.3 is 9.72 Å². The van der Waals surface area contributed by atoms with Crippen molar-refractivity contribution in [3.8, 4) is 0 Å². The van der Waals surface area contributed by atoms with Crippen LogP contribution in [0.3, 0.4) is 0 Å². The maximum absolute atomic E-state index is 12.6. The van der Waals surface area contributed by atoms with Gasteiger partial charge >= 0.3 is 5.97 Å². The van der Waals surface area contributed by atoms with Crippen molar-refractivity contribution in [1.29, 1.82) is 0 Å². The molecule has 0 amide bonds. The molecule has 5 nitrogen and oxygen atoms in total. The van der Waals surface area contributed by atoms with Crippen LogP contribution in [0.4, 0.5) is 0 Å². The van der Waals surface area contributed by atoms with E-state index in [1.54, 1.807) is 18.3 Å². The van der Waals surface area contributed by atoms with E-state index in [4.69, 9.17) is 4.74 Å². The molecule has 0 unspecified atom stereocenters. The summed E-state index contributed by atoms with van der Waals surface area (Å²) in [6.45, 7) is 6.06. The molecule has 2 aliphatic rings. The van der Waals surface area contributed by atoms with Crippen LogP contribution >= 0.6 is 11.3 Å². The Bertz CT molecular complexity index is 869. The number of esters is 1. The van der Waals surface area contributed by atoms with Gasteiger partial charge in [-0.2, -0.15) is 0 Å². The number of hydrogen-bond acceptors (Lipinski definition) is 5. The monoisotopic (exact) mass is 346 g/mol. The van der Waals surface area contributed by atoms with Crippen LogP contribution < -0.4 is 5.56 Å². The van der Waals surface area contributed by atoms with Gasteiger partial charge in [-0.1, -0.05) is 13.8 Å². The molecule has 6 heteroatoms. The van der Waals surface area contributed by atoms with Gasteiger partial charge in [-0.3, -0.25) is 9.59 Å². The molecular formula is C18H22N2O3S. The molecule has 1 N–H and O–H groups in total. The Morgan fingerprint density at radius 1 is 1.42 bits per heavy atom. The lowest BCUT2D eigenvalue weighted by Crippen LogP contribution is -2.19. The minimum Gasteiger partial charge on any atom is -0.454 e. The molecule has 2 aromatic heterocycles. The number of ether oxygens (including phenoxy) is 1. The van der Waals surface area contributed by atoms with Gasteiger partial charge in [-0.15, -0.1) is 11.3 Å². The molecule has 1 fully saturated rings. The SMILES string of the molecule is C[C@H]1CCc2c(sc3nc([C@@H](C)OC(=O)[C@@H]4C[C@@H]4C)[nH]c(=O)c23)C1. The average molecular weight is 346 g/mol. The molecule has 0 aliphatic heterocycles. The smallest absolute Gasteiger partial charge is 0.309 e. The van der Waals surface area contributed by atoms with Gasteiger partial charge in [0.05, 0.1) is 11.3 Å². The molecule has 0 bridgehead atoms. The number of aromatic nitrogens is 2. The number of carbonyl (C=O) groups excluding carboxylic acids is 1. The Labute approximate surface area is 144 Å². The van der Waals surface area contributed by atoms with Crippen molar-refractivity contribution in [2.24, 2.45) is 17.8 Å². The maximum atomic E-state index is 12.6. The first-order valence-corrected chi connectivity index (χ1v) is 9.50. The summed E-state index contributed by atoms with van der Waals surface area (Å²) < 4.78 is 5.49. The summed E-state index contributed by atoms with van der Waals surface area (Å²) >= 11 is 1.62. The third-order valence-corrected chi connectivity index (χ3v) is 6.42. The molecule has 2 heterocycles. The second kappa shape index (κ2) is 5.69. The molecule has 2 aromatic rings. The van der Waals surface area contributed by atoms with E-state index >= 15 is 0 Å². The predicted octanol–water partition coefficient (Wildman–Crippen LogP) is 3.37. The molecule has 4 rings (SSSR count). The van der Waals surface area contributed by atoms with Gasteiger partial charge in [-0.25, -0.2) is 4.98 Å². The van der Waals surface area contributed by atoms with Crippen LogP contribution in [-0.2, 0) is 22.4 Å². The van der Waals surface area contributed by atoms with Crippen LogP contribution in [0.25, 0.3) is 10.2 Å². The van der Waals surface area contributed by atoms with Gasteiger partial charge in [0, 0.05) is 4.88 Å². The van der Waals surface area contributed by atoms with Gasteiger partial charge in [0.2, 0.25) is 0 Å². The fourth-order valence-electron chi connectivity index (χ4n) is 3.53. The van der Waals surface area contributed by atoms with Crippen LogP contribution in [0.1, 0.15) is 56.0 Å². The molecular weight excluding hydrogens is 324 g/mol. The standard InChI is InChI=1S/C18H22N2O3S/c1-8-4-5-11-13(6-8)24-17-14(11)16(21)19-15(20-17)10(3)23-18(22)12-7-9(12)2/h8-10,12H,4-7H2,1-3H3,(H,19,20,21)/t8-,9-,10+,12+/m0/s1. The number of aryl methyl sites for hydroxylation is 1. The Balaban J connectivity index is 1.65. The minimum absolute atomic E-state index is 0.0124. The molecule has 128 valence electrons. The van der Waals surface area contributed by atoms with Gasteiger partial charge in [-0.05, 0) is 50.0 Å². The number of nitrogens with zero attached hydrogens (tertiary/aromatic N) is 1. The summed E-state index contributed by atoms with van der Waals surface area (Å²) in [5.41, 5.74) is 1.06. The van der Waals surface area contributed by atoms with Gasteiger partial charge in [0.25, 0.3) is 5.56 Å². The van der Waals surface area contributed by atoms with E-state index < -0.39 is 6.10 Å². The number of H-pyrrole nitrogens is 1. The summed E-state index contributed by atoms with van der Waals surface area (Å²) in [4.78, 5) is 34.1. The molecule has 24 heavy (non-hydrogen) atoms. The Hall–Kier alpha value is -1.69. The second-order valence-corrected chi connectivity index (χ2v) is 8.47. The highest BCUT2D eigenvalue weighted by Crippen LogP contribution is 2.40. The summed E-state index contributed by atoms with van der Waals surface area (Å²) in [5, 5.41) is 0.736. The zero-order valence-corrected chi connectivity index (χ0v) is 15.0. The third-order valence-electron chi connectivity index (χ3n) is 5.27. The largest absolute Gasteiger partial charge is 0.454 e. The zero-order chi connectivity index (χ0) is 17.0. The molecule has 0 spiro atoms. The highest BCUT2D eigenvalue weighted by atomic mass is 32.1. The predicted molar refractivity (Wildman–Crippen MR) is 93.2 cm³/mol. The van der Waals surface area contributed by atoms with Crippen molar-refractivity contribution in [3.05, 3.63) is 26.6 Å². The third kappa shape index (κ3) is 2.66. The number of aromatic amines is 1. The first kappa shape index (κ1) is 15.8. The maximum Gasteiger partial charge on any atom is 0.309 e. The lowest BCUT2D eigenvalue weighted by Gasteiger charge is -2.17. The first-order valence-electron chi connectivity index (χ1n) is 8.69. The Morgan fingerprint density at radius 3 is 2.88 bits per heavy atom. The lowest BCUT2D eigenvalue weighted by atomic mass is 9.89. The quantitative estimate of drug-likeness (QED) is 0.865. The summed E-state index contributed by atoms with van der Waals surface area (Å²) in [6, 6.07) is 0. The van der Waals surface area contributed by atoms with Crippen molar-refractivity contribution < 1.29 is 9.53 Å². The number of carbonyl (C=O) groups is 1. The zero-order valence-electron chi connectivity index (χ0n) is 14.2. The number of fused-ring (bicyclic) bond motifs is 3. The van der Waals surface area contributed by atoms with Crippen LogP contribution in [0.2, 0.25) is 0 Å². The van der Waals surface area contributed by atoms with E-state index in [0.717, 1.165) is 35.9 Å². The fourth-order valence-corrected chi connectivity index (χ4v) is 4.92. The van der Waals surface area contributed by atoms with Crippen molar-refractivity contribution in [2.45, 2.75) is 52.6 Å². The number of rotatable bonds is 3. The van der Waals surface area contributed by atoms with E-state index in [1.807, 2.05) is 6.92 Å². The van der Waals surface area contributed by atoms with E-state index in [1.165, 1.54) is 10.4 Å². The molecule has 0 saturated heterocycles. The number of hydrogen-bond donors (Lipinski definition) is 1. The number of nitrogens with one attached hydrogen (secondary N) is 1. The fraction of sp³-hybridized carbons (Fsp3) is 0.611. The molecule has 4 atom stereocenters. The van der Waals surface area contributed by atoms with Crippen LogP contribution in [0.5, 0.6) is 0 Å². The van der Waals surface area contributed by atoms with Crippen molar-refractivity contribution in [3.63, 3.8) is 0 Å². The van der Waals surface area contributed by atoms with Gasteiger partial charge in [0.15, 0.2) is 11.9 Å². The average Bonchev–Trinajstić information content (AvgIpc) is 3.14.